The van der Waals surface area contributed by atoms with Gasteiger partial charge in [-0.3, -0.25) is 9.69 Å². The maximum Gasteiger partial charge on any atom is 0.493 e. The van der Waals surface area contributed by atoms with E-state index in [4.69, 9.17) is 16.4 Å². The zero-order valence-corrected chi connectivity index (χ0v) is 20.3. The summed E-state index contributed by atoms with van der Waals surface area (Å²) in [6.45, 7) is -0.440. The largest absolute Gasteiger partial charge is 0.493 e. The lowest BCUT2D eigenvalue weighted by molar-refractivity contribution is -0.201. The Kier molecular flexibility index (Phi) is 5.80. The third kappa shape index (κ3) is 4.33. The topological polar surface area (TPSA) is 81.8 Å². The molecule has 4 aromatic rings. The van der Waals surface area contributed by atoms with Crippen LogP contribution in [0.2, 0.25) is 5.02 Å². The zero-order valence-electron chi connectivity index (χ0n) is 18.8. The van der Waals surface area contributed by atoms with Crippen molar-refractivity contribution in [2.75, 3.05) is 35.6 Å². The van der Waals surface area contributed by atoms with Crippen LogP contribution in [0.4, 0.5) is 30.5 Å². The van der Waals surface area contributed by atoms with Crippen molar-refractivity contribution in [2.45, 2.75) is 6.18 Å². The molecule has 0 saturated heterocycles. The number of hydrogen-bond donors (Lipinski definition) is 1. The SMILES string of the molecule is CN(C)c1nc2ccc(N3CN(OC(=O)C(F)(F)F)c4cc(-c5ccc(Cl)cc5)sc4C3=O)cc2[nH]1. The average molecular weight is 536 g/mol. The van der Waals surface area contributed by atoms with E-state index in [2.05, 4.69) is 9.97 Å². The molecule has 0 spiro atoms. The molecule has 3 heterocycles. The second kappa shape index (κ2) is 8.71. The van der Waals surface area contributed by atoms with Crippen LogP contribution in [-0.4, -0.2) is 48.8 Å². The summed E-state index contributed by atoms with van der Waals surface area (Å²) in [5.74, 6) is -2.23. The van der Waals surface area contributed by atoms with E-state index >= 15 is 0 Å². The number of H-pyrrole nitrogens is 1. The van der Waals surface area contributed by atoms with E-state index in [0.717, 1.165) is 16.4 Å². The molecule has 1 N–H and O–H groups in total. The molecule has 0 aliphatic carbocycles. The normalized spacial score (nSPS) is 13.8. The molecule has 0 saturated carbocycles. The molecule has 1 aliphatic heterocycles. The number of carbonyl (C=O) groups excluding carboxylic acids is 2. The molecule has 1 amide bonds. The molecule has 36 heavy (non-hydrogen) atoms. The van der Waals surface area contributed by atoms with Crippen LogP contribution in [0.5, 0.6) is 0 Å². The summed E-state index contributed by atoms with van der Waals surface area (Å²) in [6, 6.07) is 13.3. The lowest BCUT2D eigenvalue weighted by atomic mass is 10.1. The number of rotatable bonds is 4. The van der Waals surface area contributed by atoms with Gasteiger partial charge in [0.2, 0.25) is 5.95 Å². The summed E-state index contributed by atoms with van der Waals surface area (Å²) in [6.07, 6.45) is -5.21. The van der Waals surface area contributed by atoms with E-state index in [0.29, 0.717) is 38.1 Å². The highest BCUT2D eigenvalue weighted by atomic mass is 35.5. The third-order valence-corrected chi connectivity index (χ3v) is 6.85. The molecule has 5 rings (SSSR count). The summed E-state index contributed by atoms with van der Waals surface area (Å²) in [5, 5.41) is 1.29. The van der Waals surface area contributed by atoms with Crippen LogP contribution in [0.15, 0.2) is 48.5 Å². The van der Waals surface area contributed by atoms with E-state index < -0.39 is 24.7 Å². The van der Waals surface area contributed by atoms with Crippen LogP contribution < -0.4 is 14.9 Å². The van der Waals surface area contributed by atoms with Gasteiger partial charge in [-0.25, -0.2) is 9.78 Å². The quantitative estimate of drug-likeness (QED) is 0.374. The summed E-state index contributed by atoms with van der Waals surface area (Å²) in [7, 11) is 3.63. The van der Waals surface area contributed by atoms with Crippen LogP contribution in [0, 0.1) is 0 Å². The number of halogens is 4. The number of thiophene rings is 1. The molecule has 0 radical (unpaired) electrons. The standard InChI is InChI=1S/C23H17ClF3N5O3S/c1-30(2)22-28-15-8-7-14(9-16(15)29-22)31-11-32(35-21(34)23(25,26)27)17-10-18(36-19(17)20(31)33)12-3-5-13(24)6-4-12/h3-10H,11H2,1-2H3,(H,28,29). The number of aromatic nitrogens is 2. The number of nitrogens with one attached hydrogen (secondary N) is 1. The Labute approximate surface area is 211 Å². The van der Waals surface area contributed by atoms with E-state index in [9.17, 15) is 22.8 Å². The highest BCUT2D eigenvalue weighted by Crippen LogP contribution is 2.42. The fraction of sp³-hybridized carbons (Fsp3) is 0.174. The number of hydrogen-bond acceptors (Lipinski definition) is 7. The number of alkyl halides is 3. The van der Waals surface area contributed by atoms with Crippen molar-refractivity contribution in [3.63, 3.8) is 0 Å². The van der Waals surface area contributed by atoms with Gasteiger partial charge in [-0.05, 0) is 42.0 Å². The molecule has 2 aromatic carbocycles. The number of hydroxylamine groups is 1. The number of nitrogens with zero attached hydrogens (tertiary/aromatic N) is 4. The second-order valence-electron chi connectivity index (χ2n) is 8.12. The molecule has 2 aromatic heterocycles. The average Bonchev–Trinajstić information content (AvgIpc) is 3.45. The Morgan fingerprint density at radius 1 is 1.17 bits per heavy atom. The van der Waals surface area contributed by atoms with Crippen LogP contribution in [-0.2, 0) is 9.63 Å². The van der Waals surface area contributed by atoms with Gasteiger partial charge in [0.15, 0.2) is 0 Å². The molecule has 13 heteroatoms. The Bertz CT molecular complexity index is 1480. The Balaban J connectivity index is 1.57. The molecule has 0 bridgehead atoms. The molecular formula is C23H17ClF3N5O3S. The van der Waals surface area contributed by atoms with Crippen LogP contribution in [0.3, 0.4) is 0 Å². The van der Waals surface area contributed by atoms with Crippen LogP contribution in [0.1, 0.15) is 9.67 Å². The number of aromatic amines is 1. The second-order valence-corrected chi connectivity index (χ2v) is 9.61. The molecule has 0 fully saturated rings. The van der Waals surface area contributed by atoms with Crippen molar-refractivity contribution >= 4 is 63.2 Å². The molecule has 186 valence electrons. The summed E-state index contributed by atoms with van der Waals surface area (Å²) >= 11 is 7.03. The Morgan fingerprint density at radius 2 is 1.89 bits per heavy atom. The molecule has 1 aliphatic rings. The van der Waals surface area contributed by atoms with Crippen molar-refractivity contribution in [3.05, 3.63) is 58.4 Å². The lowest BCUT2D eigenvalue weighted by Gasteiger charge is -2.34. The first-order valence-corrected chi connectivity index (χ1v) is 11.7. The summed E-state index contributed by atoms with van der Waals surface area (Å²) in [4.78, 5) is 41.2. The van der Waals surface area contributed by atoms with Gasteiger partial charge in [-0.2, -0.15) is 18.2 Å². The summed E-state index contributed by atoms with van der Waals surface area (Å²) in [5.41, 5.74) is 2.44. The van der Waals surface area contributed by atoms with E-state index in [1.54, 1.807) is 47.4 Å². The van der Waals surface area contributed by atoms with Gasteiger partial charge < -0.3 is 14.7 Å². The van der Waals surface area contributed by atoms with E-state index in [1.807, 2.05) is 14.1 Å². The monoisotopic (exact) mass is 535 g/mol. The van der Waals surface area contributed by atoms with Gasteiger partial charge in [-0.15, -0.1) is 11.3 Å². The maximum absolute atomic E-state index is 13.5. The maximum atomic E-state index is 13.5. The number of fused-ring (bicyclic) bond motifs is 2. The van der Waals surface area contributed by atoms with Gasteiger partial charge >= 0.3 is 12.1 Å². The van der Waals surface area contributed by atoms with Crippen molar-refractivity contribution in [1.29, 1.82) is 0 Å². The first-order valence-electron chi connectivity index (χ1n) is 10.5. The van der Waals surface area contributed by atoms with Crippen LogP contribution >= 0.6 is 22.9 Å². The van der Waals surface area contributed by atoms with Gasteiger partial charge in [0.1, 0.15) is 17.2 Å². The minimum absolute atomic E-state index is 0.0707. The van der Waals surface area contributed by atoms with Crippen molar-refractivity contribution < 1.29 is 27.6 Å². The van der Waals surface area contributed by atoms with Crippen molar-refractivity contribution in [1.82, 2.24) is 9.97 Å². The highest BCUT2D eigenvalue weighted by molar-refractivity contribution is 7.18. The van der Waals surface area contributed by atoms with E-state index in [-0.39, 0.29) is 10.6 Å². The first kappa shape index (κ1) is 23.9. The molecule has 0 unspecified atom stereocenters. The van der Waals surface area contributed by atoms with E-state index in [1.165, 1.54) is 11.0 Å². The van der Waals surface area contributed by atoms with Crippen molar-refractivity contribution in [3.8, 4) is 10.4 Å². The first-order chi connectivity index (χ1) is 17.0. The predicted octanol–water partition coefficient (Wildman–Crippen LogP) is 5.46. The highest BCUT2D eigenvalue weighted by Gasteiger charge is 2.45. The lowest BCUT2D eigenvalue weighted by Crippen LogP contribution is -2.48. The number of benzene rings is 2. The van der Waals surface area contributed by atoms with Gasteiger partial charge in [0, 0.05) is 29.7 Å². The third-order valence-electron chi connectivity index (χ3n) is 5.43. The number of amides is 1. The predicted molar refractivity (Wildman–Crippen MR) is 131 cm³/mol. The van der Waals surface area contributed by atoms with Gasteiger partial charge in [0.25, 0.3) is 5.91 Å². The Morgan fingerprint density at radius 3 is 2.56 bits per heavy atom. The van der Waals surface area contributed by atoms with Gasteiger partial charge in [0.05, 0.1) is 11.0 Å². The fourth-order valence-corrected chi connectivity index (χ4v) is 4.89. The number of anilines is 3. The summed E-state index contributed by atoms with van der Waals surface area (Å²) < 4.78 is 39.1. The minimum atomic E-state index is -5.21. The molecule has 0 atom stereocenters. The zero-order chi connectivity index (χ0) is 25.8. The minimum Gasteiger partial charge on any atom is -0.349 e. The Hall–Kier alpha value is -3.77. The fourth-order valence-electron chi connectivity index (χ4n) is 3.66. The van der Waals surface area contributed by atoms with Crippen molar-refractivity contribution in [2.24, 2.45) is 0 Å². The molecule has 8 nitrogen and oxygen atoms in total. The van der Waals surface area contributed by atoms with Crippen LogP contribution in [0.25, 0.3) is 21.5 Å². The number of carbonyl (C=O) groups is 2. The smallest absolute Gasteiger partial charge is 0.349 e. The number of imidazole rings is 1. The van der Waals surface area contributed by atoms with Gasteiger partial charge in [-0.1, -0.05) is 23.7 Å². The molecular weight excluding hydrogens is 519 g/mol.